The Labute approximate surface area is 195 Å². The third-order valence-corrected chi connectivity index (χ3v) is 5.91. The summed E-state index contributed by atoms with van der Waals surface area (Å²) in [4.78, 5) is 19.4. The lowest BCUT2D eigenvalue weighted by atomic mass is 10.0. The van der Waals surface area contributed by atoms with Crippen molar-refractivity contribution in [3.05, 3.63) is 105 Å². The first-order valence-corrected chi connectivity index (χ1v) is 11.4. The molecule has 0 aliphatic heterocycles. The maximum atomic E-state index is 11.3. The van der Waals surface area contributed by atoms with Crippen molar-refractivity contribution in [2.45, 2.75) is 13.3 Å². The predicted molar refractivity (Wildman–Crippen MR) is 131 cm³/mol. The van der Waals surface area contributed by atoms with E-state index in [1.54, 1.807) is 0 Å². The van der Waals surface area contributed by atoms with Gasteiger partial charge in [0.15, 0.2) is 6.61 Å². The van der Waals surface area contributed by atoms with Crippen molar-refractivity contribution in [1.29, 1.82) is 0 Å². The lowest BCUT2D eigenvalue weighted by Crippen LogP contribution is -2.05. The zero-order chi connectivity index (χ0) is 23.0. The van der Waals surface area contributed by atoms with Gasteiger partial charge in [-0.3, -0.25) is 9.78 Å². The van der Waals surface area contributed by atoms with Gasteiger partial charge < -0.3 is 14.7 Å². The van der Waals surface area contributed by atoms with Crippen LogP contribution in [-0.4, -0.2) is 29.0 Å². The Morgan fingerprint density at radius 3 is 2.30 bits per heavy atom. The second-order valence-electron chi connectivity index (χ2n) is 7.41. The van der Waals surface area contributed by atoms with Crippen LogP contribution in [0.1, 0.15) is 22.9 Å². The third-order valence-electron chi connectivity index (χ3n) is 5.04. The first kappa shape index (κ1) is 22.4. The highest BCUT2D eigenvalue weighted by Crippen LogP contribution is 2.22. The molecule has 0 bridgehead atoms. The van der Waals surface area contributed by atoms with Gasteiger partial charge in [-0.2, -0.15) is 0 Å². The number of H-pyrrole nitrogens is 1. The molecule has 4 aromatic rings. The first-order valence-electron chi connectivity index (χ1n) is 10.5. The molecular weight excluding hydrogens is 436 g/mol. The van der Waals surface area contributed by atoms with Crippen LogP contribution in [0.4, 0.5) is 0 Å². The van der Waals surface area contributed by atoms with Crippen LogP contribution in [0.2, 0.25) is 0 Å². The minimum absolute atomic E-state index is 0.0644. The van der Waals surface area contributed by atoms with E-state index in [1.807, 2.05) is 61.5 Å². The molecule has 168 valence electrons. The molecule has 0 amide bonds. The fraction of sp³-hybridized carbons (Fsp3) is 0.154. The summed E-state index contributed by atoms with van der Waals surface area (Å²) in [5, 5.41) is 13.9. The van der Waals surface area contributed by atoms with E-state index in [-0.39, 0.29) is 10.8 Å². The Bertz CT molecular complexity index is 1260. The SMILES string of the molecule is C/C(=N\OCCOc1ccc(Cc2sc(=O)[nH]c2O)cc1)c1ccc(-c2ccccc2)cc1. The number of thiazole rings is 1. The van der Waals surface area contributed by atoms with Crippen LogP contribution in [-0.2, 0) is 11.3 Å². The fourth-order valence-electron chi connectivity index (χ4n) is 3.29. The largest absolute Gasteiger partial charge is 0.494 e. The Balaban J connectivity index is 1.22. The van der Waals surface area contributed by atoms with Gasteiger partial charge in [-0.25, -0.2) is 0 Å². The van der Waals surface area contributed by atoms with Gasteiger partial charge in [-0.05, 0) is 41.3 Å². The second-order valence-corrected chi connectivity index (χ2v) is 8.48. The summed E-state index contributed by atoms with van der Waals surface area (Å²) in [6.45, 7) is 2.60. The number of aromatic hydroxyl groups is 1. The van der Waals surface area contributed by atoms with Gasteiger partial charge in [0.25, 0.3) is 0 Å². The molecule has 0 spiro atoms. The van der Waals surface area contributed by atoms with Crippen LogP contribution in [0.25, 0.3) is 11.1 Å². The average Bonchev–Trinajstić information content (AvgIpc) is 3.16. The molecule has 0 unspecified atom stereocenters. The monoisotopic (exact) mass is 460 g/mol. The number of aromatic nitrogens is 1. The number of benzene rings is 3. The van der Waals surface area contributed by atoms with Gasteiger partial charge in [-0.15, -0.1) is 0 Å². The first-order chi connectivity index (χ1) is 16.1. The van der Waals surface area contributed by atoms with Crippen molar-refractivity contribution < 1.29 is 14.7 Å². The van der Waals surface area contributed by atoms with E-state index in [4.69, 9.17) is 9.57 Å². The van der Waals surface area contributed by atoms with Crippen molar-refractivity contribution >= 4 is 17.0 Å². The fourth-order valence-corrected chi connectivity index (χ4v) is 4.05. The average molecular weight is 461 g/mol. The number of ether oxygens (including phenoxy) is 1. The molecule has 1 aromatic heterocycles. The van der Waals surface area contributed by atoms with Gasteiger partial charge in [0, 0.05) is 6.42 Å². The molecule has 0 fully saturated rings. The molecular formula is C26H24N2O4S. The molecule has 0 aliphatic rings. The number of hydrogen-bond donors (Lipinski definition) is 2. The van der Waals surface area contributed by atoms with Crippen LogP contribution in [0.15, 0.2) is 88.8 Å². The van der Waals surface area contributed by atoms with Gasteiger partial charge in [0.2, 0.25) is 5.88 Å². The van der Waals surface area contributed by atoms with Gasteiger partial charge in [0.1, 0.15) is 12.4 Å². The summed E-state index contributed by atoms with van der Waals surface area (Å²) in [6.07, 6.45) is 0.485. The molecule has 3 aromatic carbocycles. The van der Waals surface area contributed by atoms with E-state index in [1.165, 1.54) is 5.56 Å². The van der Waals surface area contributed by atoms with Crippen molar-refractivity contribution in [3.8, 4) is 22.8 Å². The topological polar surface area (TPSA) is 83.9 Å². The highest BCUT2D eigenvalue weighted by atomic mass is 32.1. The van der Waals surface area contributed by atoms with Gasteiger partial charge in [0.05, 0.1) is 10.6 Å². The van der Waals surface area contributed by atoms with Crippen molar-refractivity contribution in [2.75, 3.05) is 13.2 Å². The van der Waals surface area contributed by atoms with E-state index in [0.29, 0.717) is 30.3 Å². The number of aromatic amines is 1. The van der Waals surface area contributed by atoms with Crippen LogP contribution in [0, 0.1) is 0 Å². The number of nitrogens with one attached hydrogen (secondary N) is 1. The zero-order valence-electron chi connectivity index (χ0n) is 18.2. The molecule has 4 rings (SSSR count). The Hall–Kier alpha value is -3.84. The predicted octanol–water partition coefficient (Wildman–Crippen LogP) is 5.22. The van der Waals surface area contributed by atoms with E-state index in [0.717, 1.165) is 33.7 Å². The summed E-state index contributed by atoms with van der Waals surface area (Å²) in [5.41, 5.74) is 5.12. The smallest absolute Gasteiger partial charge is 0.307 e. The lowest BCUT2D eigenvalue weighted by Gasteiger charge is -2.07. The molecule has 0 atom stereocenters. The third kappa shape index (κ3) is 6.11. The van der Waals surface area contributed by atoms with Crippen LogP contribution in [0.5, 0.6) is 11.6 Å². The highest BCUT2D eigenvalue weighted by Gasteiger charge is 2.07. The van der Waals surface area contributed by atoms with Crippen LogP contribution < -0.4 is 9.61 Å². The van der Waals surface area contributed by atoms with Crippen molar-refractivity contribution in [2.24, 2.45) is 5.16 Å². The summed E-state index contributed by atoms with van der Waals surface area (Å²) in [7, 11) is 0. The normalized spacial score (nSPS) is 11.4. The van der Waals surface area contributed by atoms with E-state index in [2.05, 4.69) is 34.4 Å². The quantitative estimate of drug-likeness (QED) is 0.204. The molecule has 0 radical (unpaired) electrons. The molecule has 0 aliphatic carbocycles. The Morgan fingerprint density at radius 1 is 0.939 bits per heavy atom. The second kappa shape index (κ2) is 10.7. The standard InChI is InChI=1S/C26H24N2O4S/c1-18(20-9-11-22(12-10-20)21-5-3-2-4-6-21)28-32-16-15-31-23-13-7-19(8-14-23)17-24-25(29)27-26(30)33-24/h2-14,29H,15-17H2,1H3,(H,27,30)/b28-18+. The lowest BCUT2D eigenvalue weighted by molar-refractivity contribution is 0.107. The molecule has 33 heavy (non-hydrogen) atoms. The number of hydrogen-bond acceptors (Lipinski definition) is 6. The highest BCUT2D eigenvalue weighted by molar-refractivity contribution is 7.09. The Kier molecular flexibility index (Phi) is 7.22. The molecule has 7 heteroatoms. The van der Waals surface area contributed by atoms with Gasteiger partial charge in [-0.1, -0.05) is 83.2 Å². The van der Waals surface area contributed by atoms with Crippen LogP contribution in [0.3, 0.4) is 0 Å². The van der Waals surface area contributed by atoms with Crippen molar-refractivity contribution in [3.63, 3.8) is 0 Å². The molecule has 2 N–H and O–H groups in total. The summed E-state index contributed by atoms with van der Waals surface area (Å²) < 4.78 is 5.69. The molecule has 6 nitrogen and oxygen atoms in total. The maximum absolute atomic E-state index is 11.3. The van der Waals surface area contributed by atoms with Crippen molar-refractivity contribution in [1.82, 2.24) is 4.98 Å². The van der Waals surface area contributed by atoms with E-state index < -0.39 is 0 Å². The molecule has 0 saturated heterocycles. The summed E-state index contributed by atoms with van der Waals surface area (Å²) in [5.74, 6) is 0.650. The number of rotatable bonds is 9. The van der Waals surface area contributed by atoms with E-state index in [9.17, 15) is 9.90 Å². The molecule has 0 saturated carbocycles. The molecule has 1 heterocycles. The Morgan fingerprint density at radius 2 is 1.64 bits per heavy atom. The summed E-state index contributed by atoms with van der Waals surface area (Å²) >= 11 is 1.01. The maximum Gasteiger partial charge on any atom is 0.307 e. The summed E-state index contributed by atoms with van der Waals surface area (Å²) in [6, 6.07) is 26.0. The minimum atomic E-state index is -0.260. The minimum Gasteiger partial charge on any atom is -0.494 e. The van der Waals surface area contributed by atoms with Crippen LogP contribution >= 0.6 is 11.3 Å². The van der Waals surface area contributed by atoms with E-state index >= 15 is 0 Å². The van der Waals surface area contributed by atoms with Gasteiger partial charge >= 0.3 is 4.87 Å². The number of nitrogens with zero attached hydrogens (tertiary/aromatic N) is 1. The number of oxime groups is 1. The zero-order valence-corrected chi connectivity index (χ0v) is 19.0.